The first-order valence-corrected chi connectivity index (χ1v) is 4.29. The van der Waals surface area contributed by atoms with Crippen molar-refractivity contribution >= 4 is 0 Å². The van der Waals surface area contributed by atoms with Crippen molar-refractivity contribution in [2.24, 2.45) is 17.6 Å². The van der Waals surface area contributed by atoms with Crippen LogP contribution >= 0.6 is 0 Å². The highest BCUT2D eigenvalue weighted by Gasteiger charge is 2.21. The summed E-state index contributed by atoms with van der Waals surface area (Å²) >= 11 is 0. The molecule has 0 bridgehead atoms. The molecule has 10 heavy (non-hydrogen) atoms. The molecule has 2 heteroatoms. The summed E-state index contributed by atoms with van der Waals surface area (Å²) in [5.74, 6) is 1.62. The highest BCUT2D eigenvalue weighted by molar-refractivity contribution is 4.77. The van der Waals surface area contributed by atoms with Gasteiger partial charge in [0, 0.05) is 0 Å². The topological polar surface area (TPSA) is 38.0 Å². The van der Waals surface area contributed by atoms with Crippen LogP contribution in [0.25, 0.3) is 0 Å². The third kappa shape index (κ3) is 1.70. The van der Waals surface area contributed by atoms with Crippen molar-refractivity contribution < 1.29 is 0 Å². The summed E-state index contributed by atoms with van der Waals surface area (Å²) in [6.45, 7) is 5.48. The van der Waals surface area contributed by atoms with Crippen molar-refractivity contribution in [2.75, 3.05) is 19.6 Å². The third-order valence-corrected chi connectivity index (χ3v) is 2.59. The van der Waals surface area contributed by atoms with Crippen LogP contribution in [-0.2, 0) is 0 Å². The molecule has 0 radical (unpaired) electrons. The van der Waals surface area contributed by atoms with Gasteiger partial charge in [0.05, 0.1) is 0 Å². The van der Waals surface area contributed by atoms with E-state index in [-0.39, 0.29) is 0 Å². The van der Waals surface area contributed by atoms with Crippen molar-refractivity contribution in [3.05, 3.63) is 0 Å². The van der Waals surface area contributed by atoms with E-state index in [1.807, 2.05) is 0 Å². The zero-order valence-electron chi connectivity index (χ0n) is 6.77. The molecule has 2 atom stereocenters. The van der Waals surface area contributed by atoms with Gasteiger partial charge in [-0.1, -0.05) is 13.3 Å². The van der Waals surface area contributed by atoms with Gasteiger partial charge < -0.3 is 11.1 Å². The van der Waals surface area contributed by atoms with E-state index in [0.717, 1.165) is 18.4 Å². The fourth-order valence-corrected chi connectivity index (χ4v) is 1.77. The molecule has 0 amide bonds. The Morgan fingerprint density at radius 3 is 2.90 bits per heavy atom. The van der Waals surface area contributed by atoms with Crippen LogP contribution < -0.4 is 11.1 Å². The Kier molecular flexibility index (Phi) is 3.16. The lowest BCUT2D eigenvalue weighted by molar-refractivity contribution is 0.355. The van der Waals surface area contributed by atoms with Gasteiger partial charge in [-0.3, -0.25) is 0 Å². The Balaban J connectivity index is 2.29. The molecule has 1 saturated heterocycles. The van der Waals surface area contributed by atoms with E-state index >= 15 is 0 Å². The molecule has 3 N–H and O–H groups in total. The first kappa shape index (κ1) is 8.02. The number of hydrogen-bond donors (Lipinski definition) is 2. The molecule has 60 valence electrons. The van der Waals surface area contributed by atoms with Crippen molar-refractivity contribution in [1.29, 1.82) is 0 Å². The summed E-state index contributed by atoms with van der Waals surface area (Å²) in [6, 6.07) is 0. The van der Waals surface area contributed by atoms with Crippen LogP contribution in [-0.4, -0.2) is 19.6 Å². The van der Waals surface area contributed by atoms with E-state index in [2.05, 4.69) is 12.2 Å². The van der Waals surface area contributed by atoms with Gasteiger partial charge in [-0.25, -0.2) is 0 Å². The van der Waals surface area contributed by atoms with Crippen LogP contribution in [0.5, 0.6) is 0 Å². The second kappa shape index (κ2) is 3.94. The molecule has 0 aromatic carbocycles. The number of hydrogen-bond acceptors (Lipinski definition) is 2. The van der Waals surface area contributed by atoms with Crippen LogP contribution in [0.3, 0.4) is 0 Å². The fourth-order valence-electron chi connectivity index (χ4n) is 1.77. The molecule has 2 unspecified atom stereocenters. The molecule has 0 aromatic heterocycles. The second-order valence-electron chi connectivity index (χ2n) is 3.16. The normalized spacial score (nSPS) is 28.8. The zero-order chi connectivity index (χ0) is 7.40. The van der Waals surface area contributed by atoms with Crippen molar-refractivity contribution in [3.63, 3.8) is 0 Å². The van der Waals surface area contributed by atoms with Crippen LogP contribution in [0.1, 0.15) is 19.8 Å². The lowest BCUT2D eigenvalue weighted by atomic mass is 9.90. The molecular weight excluding hydrogens is 124 g/mol. The van der Waals surface area contributed by atoms with Gasteiger partial charge in [0.25, 0.3) is 0 Å². The van der Waals surface area contributed by atoms with Gasteiger partial charge in [0.1, 0.15) is 0 Å². The molecule has 0 aromatic rings. The molecule has 0 spiro atoms. The molecule has 1 fully saturated rings. The smallest absolute Gasteiger partial charge is 0.00169 e. The van der Waals surface area contributed by atoms with E-state index < -0.39 is 0 Å². The average molecular weight is 142 g/mol. The molecule has 1 rings (SSSR count). The summed E-state index contributed by atoms with van der Waals surface area (Å²) in [5.41, 5.74) is 5.64. The van der Waals surface area contributed by atoms with Crippen molar-refractivity contribution in [1.82, 2.24) is 5.32 Å². The largest absolute Gasteiger partial charge is 0.330 e. The van der Waals surface area contributed by atoms with Gasteiger partial charge in [-0.05, 0) is 37.9 Å². The molecule has 0 saturated carbocycles. The Labute approximate surface area is 63.2 Å². The highest BCUT2D eigenvalue weighted by Crippen LogP contribution is 2.20. The van der Waals surface area contributed by atoms with E-state index in [1.54, 1.807) is 0 Å². The number of rotatable bonds is 3. The number of nitrogens with one attached hydrogen (secondary N) is 1. The highest BCUT2D eigenvalue weighted by atomic mass is 14.9. The van der Waals surface area contributed by atoms with Gasteiger partial charge in [0.2, 0.25) is 0 Å². The summed E-state index contributed by atoms with van der Waals surface area (Å²) in [5, 5.41) is 3.37. The van der Waals surface area contributed by atoms with E-state index in [9.17, 15) is 0 Å². The maximum Gasteiger partial charge on any atom is -0.00169 e. The summed E-state index contributed by atoms with van der Waals surface area (Å²) < 4.78 is 0. The molecule has 1 aliphatic heterocycles. The fraction of sp³-hybridized carbons (Fsp3) is 1.00. The van der Waals surface area contributed by atoms with Crippen LogP contribution in [0, 0.1) is 11.8 Å². The monoisotopic (exact) mass is 142 g/mol. The standard InChI is InChI=1S/C8H18N2/c1-2-7(5-9)8-3-4-10-6-8/h7-8,10H,2-6,9H2,1H3. The second-order valence-corrected chi connectivity index (χ2v) is 3.16. The maximum absolute atomic E-state index is 5.64. The van der Waals surface area contributed by atoms with Crippen molar-refractivity contribution in [3.8, 4) is 0 Å². The van der Waals surface area contributed by atoms with E-state index in [0.29, 0.717) is 0 Å². The molecular formula is C8H18N2. The quantitative estimate of drug-likeness (QED) is 0.605. The predicted molar refractivity (Wildman–Crippen MR) is 43.8 cm³/mol. The zero-order valence-corrected chi connectivity index (χ0v) is 6.77. The van der Waals surface area contributed by atoms with Crippen LogP contribution in [0.4, 0.5) is 0 Å². The number of nitrogens with two attached hydrogens (primary N) is 1. The van der Waals surface area contributed by atoms with E-state index in [1.165, 1.54) is 25.9 Å². The van der Waals surface area contributed by atoms with Gasteiger partial charge in [0.15, 0.2) is 0 Å². The van der Waals surface area contributed by atoms with E-state index in [4.69, 9.17) is 5.73 Å². The van der Waals surface area contributed by atoms with Gasteiger partial charge in [-0.2, -0.15) is 0 Å². The minimum Gasteiger partial charge on any atom is -0.330 e. The molecule has 1 aliphatic rings. The van der Waals surface area contributed by atoms with Gasteiger partial charge in [-0.15, -0.1) is 0 Å². The van der Waals surface area contributed by atoms with Crippen LogP contribution in [0.15, 0.2) is 0 Å². The Hall–Kier alpha value is -0.0800. The maximum atomic E-state index is 5.64. The first-order chi connectivity index (χ1) is 4.88. The van der Waals surface area contributed by atoms with Crippen LogP contribution in [0.2, 0.25) is 0 Å². The lowest BCUT2D eigenvalue weighted by Gasteiger charge is -2.18. The SMILES string of the molecule is CCC(CN)C1CCNC1. The Morgan fingerprint density at radius 2 is 2.50 bits per heavy atom. The van der Waals surface area contributed by atoms with Gasteiger partial charge >= 0.3 is 0 Å². The average Bonchev–Trinajstić information content (AvgIpc) is 2.43. The summed E-state index contributed by atoms with van der Waals surface area (Å²) in [7, 11) is 0. The summed E-state index contributed by atoms with van der Waals surface area (Å²) in [6.07, 6.45) is 2.57. The minimum atomic E-state index is 0.759. The minimum absolute atomic E-state index is 0.759. The first-order valence-electron chi connectivity index (χ1n) is 4.29. The molecule has 2 nitrogen and oxygen atoms in total. The Morgan fingerprint density at radius 1 is 1.70 bits per heavy atom. The predicted octanol–water partition coefficient (Wildman–Crippen LogP) is 0.581. The molecule has 1 heterocycles. The summed E-state index contributed by atoms with van der Waals surface area (Å²) in [4.78, 5) is 0. The molecule has 0 aliphatic carbocycles. The lowest BCUT2D eigenvalue weighted by Crippen LogP contribution is -2.24. The van der Waals surface area contributed by atoms with Crippen molar-refractivity contribution in [2.45, 2.75) is 19.8 Å². The third-order valence-electron chi connectivity index (χ3n) is 2.59. The Bertz CT molecular complexity index is 83.3.